The largest absolute Gasteiger partial charge is 0.340 e. The maximum absolute atomic E-state index is 4.30. The Balaban J connectivity index is 2.04. The number of nitrogens with zero attached hydrogens (tertiary/aromatic N) is 1. The van der Waals surface area contributed by atoms with Crippen LogP contribution in [0.4, 0.5) is 0 Å². The van der Waals surface area contributed by atoms with Crippen molar-refractivity contribution < 1.29 is 0 Å². The average molecular weight is 239 g/mol. The third kappa shape index (κ3) is 2.43. The fourth-order valence-corrected chi connectivity index (χ4v) is 3.93. The lowest BCUT2D eigenvalue weighted by molar-refractivity contribution is 0.290. The van der Waals surface area contributed by atoms with E-state index in [1.807, 2.05) is 24.2 Å². The zero-order valence-electron chi connectivity index (χ0n) is 10.3. The van der Waals surface area contributed by atoms with E-state index in [-0.39, 0.29) is 0 Å². The predicted molar refractivity (Wildman–Crippen MR) is 68.7 cm³/mol. The second kappa shape index (κ2) is 4.80. The molecule has 0 radical (unpaired) electrons. The monoisotopic (exact) mass is 239 g/mol. The first-order chi connectivity index (χ1) is 7.63. The Morgan fingerprint density at radius 3 is 3.06 bits per heavy atom. The Morgan fingerprint density at radius 2 is 2.44 bits per heavy atom. The van der Waals surface area contributed by atoms with Crippen LogP contribution in [0.5, 0.6) is 0 Å². The minimum atomic E-state index is 0.403. The molecule has 1 aliphatic rings. The van der Waals surface area contributed by atoms with Gasteiger partial charge in [0.25, 0.3) is 0 Å². The Hall–Kier alpha value is -0.480. The molecule has 0 aromatic carbocycles. The fourth-order valence-electron chi connectivity index (χ4n) is 2.55. The van der Waals surface area contributed by atoms with E-state index in [1.54, 1.807) is 0 Å². The van der Waals surface area contributed by atoms with Crippen LogP contribution in [0.25, 0.3) is 0 Å². The average Bonchev–Trinajstić information content (AvgIpc) is 2.81. The van der Waals surface area contributed by atoms with Crippen molar-refractivity contribution in [2.24, 2.45) is 5.41 Å². The van der Waals surface area contributed by atoms with E-state index in [2.05, 4.69) is 36.1 Å². The maximum Gasteiger partial charge on any atom is 0.165 e. The summed E-state index contributed by atoms with van der Waals surface area (Å²) in [7, 11) is 0. The lowest BCUT2D eigenvalue weighted by atomic mass is 9.87. The molecule has 1 fully saturated rings. The summed E-state index contributed by atoms with van der Waals surface area (Å²) >= 11 is 1.88. The smallest absolute Gasteiger partial charge is 0.165 e. The summed E-state index contributed by atoms with van der Waals surface area (Å²) in [5.74, 6) is 0. The highest BCUT2D eigenvalue weighted by Gasteiger charge is 2.41. The van der Waals surface area contributed by atoms with Gasteiger partial charge in [0.15, 0.2) is 5.16 Å². The molecule has 2 unspecified atom stereocenters. The van der Waals surface area contributed by atoms with Gasteiger partial charge in [0.1, 0.15) is 0 Å². The molecule has 3 nitrogen and oxygen atoms in total. The number of H-pyrrole nitrogens is 1. The van der Waals surface area contributed by atoms with Gasteiger partial charge in [0.2, 0.25) is 0 Å². The molecular weight excluding hydrogens is 218 g/mol. The molecule has 0 bridgehead atoms. The van der Waals surface area contributed by atoms with Crippen LogP contribution in [-0.2, 0) is 0 Å². The molecule has 2 N–H and O–H groups in total. The van der Waals surface area contributed by atoms with Crippen molar-refractivity contribution in [1.29, 1.82) is 0 Å². The second-order valence-corrected chi connectivity index (χ2v) is 6.34. The molecule has 1 aromatic rings. The third-order valence-corrected chi connectivity index (χ3v) is 4.70. The van der Waals surface area contributed by atoms with E-state index in [0.29, 0.717) is 16.7 Å². The molecule has 0 aliphatic heterocycles. The number of nitrogens with one attached hydrogen (secondary N) is 2. The molecule has 90 valence electrons. The zero-order valence-corrected chi connectivity index (χ0v) is 11.1. The Kier molecular flexibility index (Phi) is 3.60. The molecule has 1 saturated carbocycles. The number of thioether (sulfide) groups is 1. The molecular formula is C12H21N3S. The number of aromatic nitrogens is 2. The van der Waals surface area contributed by atoms with Crippen molar-refractivity contribution in [3.63, 3.8) is 0 Å². The summed E-state index contributed by atoms with van der Waals surface area (Å²) in [6.45, 7) is 7.96. The van der Waals surface area contributed by atoms with Gasteiger partial charge in [-0.05, 0) is 24.8 Å². The third-order valence-electron chi connectivity index (χ3n) is 3.45. The normalized spacial score (nSPS) is 28.4. The summed E-state index contributed by atoms with van der Waals surface area (Å²) < 4.78 is 0. The van der Waals surface area contributed by atoms with Gasteiger partial charge in [-0.25, -0.2) is 4.98 Å². The molecule has 4 heteroatoms. The molecule has 1 aromatic heterocycles. The van der Waals surface area contributed by atoms with Gasteiger partial charge in [-0.15, -0.1) is 0 Å². The van der Waals surface area contributed by atoms with Crippen LogP contribution >= 0.6 is 11.8 Å². The predicted octanol–water partition coefficient (Wildman–Crippen LogP) is 2.67. The quantitative estimate of drug-likeness (QED) is 0.848. The molecule has 0 saturated heterocycles. The summed E-state index contributed by atoms with van der Waals surface area (Å²) in [5, 5.41) is 5.32. The van der Waals surface area contributed by atoms with Gasteiger partial charge in [0, 0.05) is 23.7 Å². The van der Waals surface area contributed by atoms with Gasteiger partial charge >= 0.3 is 0 Å². The van der Waals surface area contributed by atoms with E-state index in [4.69, 9.17) is 0 Å². The molecule has 1 heterocycles. The number of aromatic amines is 1. The van der Waals surface area contributed by atoms with Crippen LogP contribution in [0.2, 0.25) is 0 Å². The van der Waals surface area contributed by atoms with Crippen molar-refractivity contribution >= 4 is 11.8 Å². The molecule has 0 amide bonds. The van der Waals surface area contributed by atoms with Crippen molar-refractivity contribution in [2.45, 2.75) is 50.1 Å². The molecule has 1 aliphatic carbocycles. The Morgan fingerprint density at radius 1 is 1.62 bits per heavy atom. The highest BCUT2D eigenvalue weighted by Crippen LogP contribution is 2.44. The summed E-state index contributed by atoms with van der Waals surface area (Å²) in [6.07, 6.45) is 6.29. The van der Waals surface area contributed by atoms with Gasteiger partial charge in [-0.2, -0.15) is 0 Å². The van der Waals surface area contributed by atoms with Gasteiger partial charge < -0.3 is 10.3 Å². The number of hydrogen-bond acceptors (Lipinski definition) is 3. The van der Waals surface area contributed by atoms with Crippen molar-refractivity contribution in [1.82, 2.24) is 15.3 Å². The van der Waals surface area contributed by atoms with E-state index in [1.165, 1.54) is 12.8 Å². The molecule has 0 spiro atoms. The first kappa shape index (κ1) is 12.0. The van der Waals surface area contributed by atoms with E-state index in [9.17, 15) is 0 Å². The van der Waals surface area contributed by atoms with Crippen LogP contribution in [-0.4, -0.2) is 27.8 Å². The summed E-state index contributed by atoms with van der Waals surface area (Å²) in [5.41, 5.74) is 0.403. The SMILES string of the molecule is CCNC1C(Sc2ncc[nH]2)CCC1(C)C. The highest BCUT2D eigenvalue weighted by molar-refractivity contribution is 7.99. The van der Waals surface area contributed by atoms with Crippen molar-refractivity contribution in [3.8, 4) is 0 Å². The summed E-state index contributed by atoms with van der Waals surface area (Å²) in [6, 6.07) is 0.590. The zero-order chi connectivity index (χ0) is 11.6. The minimum absolute atomic E-state index is 0.403. The van der Waals surface area contributed by atoms with E-state index in [0.717, 1.165) is 11.7 Å². The minimum Gasteiger partial charge on any atom is -0.340 e. The van der Waals surface area contributed by atoms with Crippen LogP contribution in [0.3, 0.4) is 0 Å². The van der Waals surface area contributed by atoms with Crippen LogP contribution in [0.15, 0.2) is 17.6 Å². The number of imidazole rings is 1. The van der Waals surface area contributed by atoms with Crippen LogP contribution in [0.1, 0.15) is 33.6 Å². The van der Waals surface area contributed by atoms with Gasteiger partial charge in [-0.1, -0.05) is 32.5 Å². The molecule has 2 atom stereocenters. The van der Waals surface area contributed by atoms with Crippen molar-refractivity contribution in [2.75, 3.05) is 6.54 Å². The summed E-state index contributed by atoms with van der Waals surface area (Å²) in [4.78, 5) is 7.48. The van der Waals surface area contributed by atoms with Crippen LogP contribution in [0, 0.1) is 5.41 Å². The van der Waals surface area contributed by atoms with Gasteiger partial charge in [-0.3, -0.25) is 0 Å². The van der Waals surface area contributed by atoms with Gasteiger partial charge in [0.05, 0.1) is 0 Å². The maximum atomic E-state index is 4.30. The van der Waals surface area contributed by atoms with Crippen molar-refractivity contribution in [3.05, 3.63) is 12.4 Å². The second-order valence-electron chi connectivity index (χ2n) is 5.11. The number of hydrogen-bond donors (Lipinski definition) is 2. The number of rotatable bonds is 4. The first-order valence-electron chi connectivity index (χ1n) is 6.03. The lowest BCUT2D eigenvalue weighted by Gasteiger charge is -2.30. The highest BCUT2D eigenvalue weighted by atomic mass is 32.2. The Labute approximate surface area is 102 Å². The fraction of sp³-hybridized carbons (Fsp3) is 0.750. The van der Waals surface area contributed by atoms with E-state index >= 15 is 0 Å². The molecule has 16 heavy (non-hydrogen) atoms. The first-order valence-corrected chi connectivity index (χ1v) is 6.91. The van der Waals surface area contributed by atoms with E-state index < -0.39 is 0 Å². The molecule has 2 rings (SSSR count). The lowest BCUT2D eigenvalue weighted by Crippen LogP contribution is -2.43. The topological polar surface area (TPSA) is 40.7 Å². The Bertz CT molecular complexity index is 321. The standard InChI is InChI=1S/C12H21N3S/c1-4-13-10-9(5-6-12(10,2)3)16-11-14-7-8-15-11/h7-10,13H,4-6H2,1-3H3,(H,14,15). The van der Waals surface area contributed by atoms with Crippen LogP contribution < -0.4 is 5.32 Å².